The molecule has 0 spiro atoms. The van der Waals surface area contributed by atoms with Crippen LogP contribution < -0.4 is 5.32 Å². The van der Waals surface area contributed by atoms with Crippen LogP contribution in [0.3, 0.4) is 0 Å². The van der Waals surface area contributed by atoms with Crippen LogP contribution in [-0.4, -0.2) is 29.6 Å². The van der Waals surface area contributed by atoms with Crippen LogP contribution in [0.5, 0.6) is 0 Å². The molecule has 2 aliphatic rings. The molecule has 2 N–H and O–H groups in total. The average molecular weight is 426 g/mol. The summed E-state index contributed by atoms with van der Waals surface area (Å²) < 4.78 is 5.22. The number of hydrogen-bond acceptors (Lipinski definition) is 5. The van der Waals surface area contributed by atoms with E-state index in [0.717, 1.165) is 29.7 Å². The topological polar surface area (TPSA) is 92.7 Å². The standard InChI is InChI=1S/C20H24ClNO5S/c1-3-27-20(26)16-14-8-10(2)4-7-15(14)28-18(16)22-17(23)13-9-11(21)5-6-12(13)19(24)25/h5,10,12-13H,3-4,6-9H2,1-2H3,(H,22,23)(H,24,25)/t10-,12-,13-/m0/s1. The van der Waals surface area contributed by atoms with E-state index in [0.29, 0.717) is 21.5 Å². The van der Waals surface area contributed by atoms with Gasteiger partial charge in [-0.1, -0.05) is 24.6 Å². The molecule has 3 rings (SSSR count). The average Bonchev–Trinajstić information content (AvgIpc) is 2.98. The van der Waals surface area contributed by atoms with Crippen LogP contribution in [0.1, 0.15) is 53.9 Å². The number of anilines is 1. The van der Waals surface area contributed by atoms with Crippen molar-refractivity contribution in [2.45, 2.75) is 46.0 Å². The minimum absolute atomic E-state index is 0.182. The molecule has 0 saturated carbocycles. The molecular formula is C20H24ClNO5S. The van der Waals surface area contributed by atoms with Crippen molar-refractivity contribution in [3.05, 3.63) is 27.1 Å². The number of ether oxygens (including phenoxy) is 1. The first-order valence-electron chi connectivity index (χ1n) is 9.51. The zero-order valence-electron chi connectivity index (χ0n) is 15.9. The maximum absolute atomic E-state index is 12.9. The van der Waals surface area contributed by atoms with Gasteiger partial charge in [0.05, 0.1) is 24.0 Å². The van der Waals surface area contributed by atoms with Crippen molar-refractivity contribution in [2.75, 3.05) is 11.9 Å². The summed E-state index contributed by atoms with van der Waals surface area (Å²) in [6.07, 6.45) is 4.72. The van der Waals surface area contributed by atoms with Crippen molar-refractivity contribution in [3.8, 4) is 0 Å². The lowest BCUT2D eigenvalue weighted by Crippen LogP contribution is -2.35. The summed E-state index contributed by atoms with van der Waals surface area (Å²) in [5, 5.41) is 13.2. The molecule has 1 aromatic rings. The second-order valence-electron chi connectivity index (χ2n) is 7.41. The van der Waals surface area contributed by atoms with Gasteiger partial charge in [0.1, 0.15) is 5.00 Å². The Morgan fingerprint density at radius 2 is 2.07 bits per heavy atom. The summed E-state index contributed by atoms with van der Waals surface area (Å²) in [4.78, 5) is 38.2. The summed E-state index contributed by atoms with van der Waals surface area (Å²) in [6, 6.07) is 0. The summed E-state index contributed by atoms with van der Waals surface area (Å²) >= 11 is 7.46. The number of allylic oxidation sites excluding steroid dienone is 2. The van der Waals surface area contributed by atoms with Crippen molar-refractivity contribution >= 4 is 45.8 Å². The van der Waals surface area contributed by atoms with Gasteiger partial charge >= 0.3 is 11.9 Å². The number of aliphatic carboxylic acids is 1. The Labute approximate surface area is 172 Å². The number of halogens is 1. The van der Waals surface area contributed by atoms with E-state index in [2.05, 4.69) is 12.2 Å². The number of carboxylic acids is 1. The van der Waals surface area contributed by atoms with Gasteiger partial charge < -0.3 is 15.2 Å². The molecule has 1 amide bonds. The van der Waals surface area contributed by atoms with Crippen LogP contribution >= 0.6 is 22.9 Å². The molecule has 0 saturated heterocycles. The molecule has 2 aliphatic carbocycles. The fourth-order valence-electron chi connectivity index (χ4n) is 3.87. The lowest BCUT2D eigenvalue weighted by molar-refractivity contribution is -0.146. The summed E-state index contributed by atoms with van der Waals surface area (Å²) in [7, 11) is 0. The first-order chi connectivity index (χ1) is 13.3. The number of esters is 1. The lowest BCUT2D eigenvalue weighted by Gasteiger charge is -2.25. The van der Waals surface area contributed by atoms with Gasteiger partial charge in [0.15, 0.2) is 0 Å². The van der Waals surface area contributed by atoms with Gasteiger partial charge in [-0.05, 0) is 50.5 Å². The quantitative estimate of drug-likeness (QED) is 0.689. The van der Waals surface area contributed by atoms with Crippen molar-refractivity contribution in [1.82, 2.24) is 0 Å². The number of hydrogen-bond donors (Lipinski definition) is 2. The third kappa shape index (κ3) is 4.25. The second kappa shape index (κ2) is 8.66. The van der Waals surface area contributed by atoms with E-state index in [1.165, 1.54) is 11.3 Å². The van der Waals surface area contributed by atoms with Gasteiger partial charge in [0.25, 0.3) is 0 Å². The van der Waals surface area contributed by atoms with Gasteiger partial charge in [-0.3, -0.25) is 9.59 Å². The normalized spacial score (nSPS) is 24.1. The Bertz CT molecular complexity index is 831. The van der Waals surface area contributed by atoms with Crippen molar-refractivity contribution in [3.63, 3.8) is 0 Å². The predicted molar refractivity (Wildman–Crippen MR) is 108 cm³/mol. The molecule has 0 fully saturated rings. The van der Waals surface area contributed by atoms with Gasteiger partial charge in [0.2, 0.25) is 5.91 Å². The number of carboxylic acid groups (broad SMARTS) is 1. The molecule has 1 aromatic heterocycles. The lowest BCUT2D eigenvalue weighted by atomic mass is 9.82. The van der Waals surface area contributed by atoms with Crippen molar-refractivity contribution in [1.29, 1.82) is 0 Å². The highest BCUT2D eigenvalue weighted by Crippen LogP contribution is 2.41. The molecule has 0 radical (unpaired) electrons. The zero-order valence-corrected chi connectivity index (χ0v) is 17.5. The molecule has 0 aliphatic heterocycles. The number of carbonyl (C=O) groups is 3. The SMILES string of the molecule is CCOC(=O)c1c(NC(=O)[C@H]2CC(Cl)=CC[C@@H]2C(=O)O)sc2c1C[C@@H](C)CC2. The number of carbonyl (C=O) groups excluding carboxylic acids is 2. The van der Waals surface area contributed by atoms with E-state index in [4.69, 9.17) is 16.3 Å². The monoisotopic (exact) mass is 425 g/mol. The molecule has 0 bridgehead atoms. The molecule has 8 heteroatoms. The molecule has 6 nitrogen and oxygen atoms in total. The smallest absolute Gasteiger partial charge is 0.341 e. The zero-order chi connectivity index (χ0) is 20.4. The van der Waals surface area contributed by atoms with Gasteiger partial charge in [0, 0.05) is 9.91 Å². The molecule has 152 valence electrons. The first kappa shape index (κ1) is 20.9. The number of fused-ring (bicyclic) bond motifs is 1. The molecule has 0 aromatic carbocycles. The third-order valence-corrected chi connectivity index (χ3v) is 6.89. The van der Waals surface area contributed by atoms with Gasteiger partial charge in [-0.2, -0.15) is 0 Å². The van der Waals surface area contributed by atoms with Crippen LogP contribution in [-0.2, 0) is 27.2 Å². The number of rotatable bonds is 5. The molecule has 28 heavy (non-hydrogen) atoms. The number of amides is 1. The summed E-state index contributed by atoms with van der Waals surface area (Å²) in [5.41, 5.74) is 1.37. The Hall–Kier alpha value is -1.86. The highest BCUT2D eigenvalue weighted by Gasteiger charge is 2.37. The minimum atomic E-state index is -1.02. The number of nitrogens with one attached hydrogen (secondary N) is 1. The van der Waals surface area contributed by atoms with E-state index in [9.17, 15) is 19.5 Å². The summed E-state index contributed by atoms with van der Waals surface area (Å²) in [5.74, 6) is -3.04. The highest BCUT2D eigenvalue weighted by molar-refractivity contribution is 7.17. The number of thiophene rings is 1. The van der Waals surface area contributed by atoms with Gasteiger partial charge in [-0.15, -0.1) is 11.3 Å². The maximum atomic E-state index is 12.9. The molecule has 0 unspecified atom stereocenters. The Kier molecular flexibility index (Phi) is 6.45. The van der Waals surface area contributed by atoms with Gasteiger partial charge in [-0.25, -0.2) is 4.79 Å². The summed E-state index contributed by atoms with van der Waals surface area (Å²) in [6.45, 7) is 4.13. The van der Waals surface area contributed by atoms with E-state index in [1.807, 2.05) is 0 Å². The first-order valence-corrected chi connectivity index (χ1v) is 10.7. The highest BCUT2D eigenvalue weighted by atomic mass is 35.5. The van der Waals surface area contributed by atoms with Crippen LogP contribution in [0.25, 0.3) is 0 Å². The minimum Gasteiger partial charge on any atom is -0.481 e. The van der Waals surface area contributed by atoms with E-state index in [-0.39, 0.29) is 19.4 Å². The van der Waals surface area contributed by atoms with E-state index in [1.54, 1.807) is 13.0 Å². The molecule has 1 heterocycles. The van der Waals surface area contributed by atoms with E-state index < -0.39 is 29.7 Å². The largest absolute Gasteiger partial charge is 0.481 e. The fourth-order valence-corrected chi connectivity index (χ4v) is 5.36. The van der Waals surface area contributed by atoms with Crippen molar-refractivity contribution < 1.29 is 24.2 Å². The fraction of sp³-hybridized carbons (Fsp3) is 0.550. The molecular weight excluding hydrogens is 402 g/mol. The predicted octanol–water partition coefficient (Wildman–Crippen LogP) is 4.22. The Balaban J connectivity index is 1.91. The third-order valence-electron chi connectivity index (χ3n) is 5.37. The van der Waals surface area contributed by atoms with Crippen LogP contribution in [0.15, 0.2) is 11.1 Å². The van der Waals surface area contributed by atoms with Crippen LogP contribution in [0, 0.1) is 17.8 Å². The van der Waals surface area contributed by atoms with E-state index >= 15 is 0 Å². The van der Waals surface area contributed by atoms with Crippen molar-refractivity contribution in [2.24, 2.45) is 17.8 Å². The maximum Gasteiger partial charge on any atom is 0.341 e. The Morgan fingerprint density at radius 1 is 1.32 bits per heavy atom. The van der Waals surface area contributed by atoms with Crippen LogP contribution in [0.2, 0.25) is 0 Å². The second-order valence-corrected chi connectivity index (χ2v) is 9.00. The van der Waals surface area contributed by atoms with Crippen LogP contribution in [0.4, 0.5) is 5.00 Å². The molecule has 3 atom stereocenters. The number of aryl methyl sites for hydroxylation is 1. The Morgan fingerprint density at radius 3 is 2.75 bits per heavy atom.